The molecule has 8 N–H and O–H groups in total. The number of hydrogen-bond acceptors (Lipinski definition) is 18. The molecule has 2 atom stereocenters. The molecule has 9 rings (SSSR count). The molecule has 468 valence electrons. The third-order valence-corrected chi connectivity index (χ3v) is 18.5. The van der Waals surface area contributed by atoms with Crippen LogP contribution in [0.15, 0.2) is 159 Å². The highest BCUT2D eigenvalue weighted by Crippen LogP contribution is 2.53. The number of fused-ring (bicyclic) bond motifs is 3. The molecular weight excluding hydrogens is 1200 g/mol. The number of ether oxygens (including phenoxy) is 1. The van der Waals surface area contributed by atoms with Gasteiger partial charge in [-0.25, -0.2) is 14.8 Å². The van der Waals surface area contributed by atoms with E-state index in [4.69, 9.17) is 14.8 Å². The summed E-state index contributed by atoms with van der Waals surface area (Å²) in [5.74, 6) is -1.51. The number of amides is 1. The number of nitrogens with two attached hydrogens (primary N) is 1. The number of aryl methyl sites for hydroxylation is 1. The molecule has 0 saturated heterocycles. The Balaban J connectivity index is 0.970. The zero-order valence-electron chi connectivity index (χ0n) is 49.5. The number of carbonyl (C=O) groups excluding carboxylic acids is 1. The molecule has 26 heteroatoms. The van der Waals surface area contributed by atoms with E-state index < -0.39 is 54.5 Å². The second-order valence-electron chi connectivity index (χ2n) is 23.1. The average Bonchev–Trinajstić information content (AvgIpc) is 1.63. The Hall–Kier alpha value is -8.40. The molecule has 0 fully saturated rings. The van der Waals surface area contributed by atoms with Crippen molar-refractivity contribution >= 4 is 78.4 Å². The average molecular weight is 1270 g/mol. The van der Waals surface area contributed by atoms with E-state index in [-0.39, 0.29) is 65.9 Å². The van der Waals surface area contributed by atoms with E-state index in [1.54, 1.807) is 24.3 Å². The highest BCUT2D eigenvalue weighted by molar-refractivity contribution is 7.94. The molecule has 4 aromatic carbocycles. The second kappa shape index (κ2) is 28.0. The highest BCUT2D eigenvalue weighted by atomic mass is 32.2. The van der Waals surface area contributed by atoms with Crippen molar-refractivity contribution in [2.24, 2.45) is 5.34 Å². The molecule has 1 aliphatic heterocycles. The number of carboxylic acid groups (broad SMARTS) is 1. The summed E-state index contributed by atoms with van der Waals surface area (Å²) in [5.41, 5.74) is 14.5. The number of nitrogens with one attached hydrogen (secondary N) is 3. The molecule has 3 heterocycles. The zero-order chi connectivity index (χ0) is 63.7. The van der Waals surface area contributed by atoms with Crippen LogP contribution in [0.2, 0.25) is 0 Å². The summed E-state index contributed by atoms with van der Waals surface area (Å²) in [5, 5.41) is 18.4. The summed E-state index contributed by atoms with van der Waals surface area (Å²) in [6.07, 6.45) is 14.5. The Bertz CT molecular complexity index is 4130. The van der Waals surface area contributed by atoms with Crippen LogP contribution in [0.4, 0.5) is 17.3 Å². The van der Waals surface area contributed by atoms with Crippen LogP contribution in [-0.4, -0.2) is 97.2 Å². The topological polar surface area (TPSA) is 345 Å². The lowest BCUT2D eigenvalue weighted by molar-refractivity contribution is -0.438. The zero-order valence-corrected chi connectivity index (χ0v) is 51.9. The highest BCUT2D eigenvalue weighted by Gasteiger charge is 2.44. The predicted octanol–water partition coefficient (Wildman–Crippen LogP) is 10.5. The number of H-pyrrole nitrogens is 1. The van der Waals surface area contributed by atoms with E-state index in [0.717, 1.165) is 68.8 Å². The minimum Gasteiger partial charge on any atom is -0.480 e. The molecule has 0 saturated carbocycles. The third-order valence-electron chi connectivity index (χ3n) is 16.3. The third kappa shape index (κ3) is 16.3. The van der Waals surface area contributed by atoms with Crippen LogP contribution >= 0.6 is 12.0 Å². The summed E-state index contributed by atoms with van der Waals surface area (Å²) < 4.78 is 80.0. The van der Waals surface area contributed by atoms with Gasteiger partial charge in [0.05, 0.1) is 47.4 Å². The van der Waals surface area contributed by atoms with Crippen LogP contribution in [0.1, 0.15) is 130 Å². The van der Waals surface area contributed by atoms with Gasteiger partial charge in [0.1, 0.15) is 24.1 Å². The second-order valence-corrected chi connectivity index (χ2v) is 27.0. The summed E-state index contributed by atoms with van der Waals surface area (Å²) in [6.45, 7) is 9.24. The van der Waals surface area contributed by atoms with Gasteiger partial charge >= 0.3 is 5.97 Å². The van der Waals surface area contributed by atoms with E-state index in [2.05, 4.69) is 110 Å². The summed E-state index contributed by atoms with van der Waals surface area (Å²) in [6, 6.07) is 26.5. The predicted molar refractivity (Wildman–Crippen MR) is 338 cm³/mol. The standard InChI is InChI=1S/C63H69N9O14S3/c1-62(2)49(47(14-7-9-34-88(78,79)80)48-29-28-46(36-51(48)62)87-86-85-71-77)30-22-40-12-11-13-41(23-32-54-63(3,4)50-15-5-6-16-53(50)72(54)33-8-10-35-89(81,82)83)56(40)84-45-26-17-39(18-27-45)19-31-52(60(75)76)68-58(73)42-20-24-43(25-21-42)65-37-44-38-66-57-55(67-44)59(74)70-61(64)69-57/h5-6,15-18,20-30,32,36,38,47,52H,7-14,19,31,33-35,37H2,1-4H3,(H7-,64,65,66,68,69,70,73,74,75,76,78,79,80,81,82,83)/p+1/b32-23+,40-22+,49-30-/t47?,52-/m0/s1. The fourth-order valence-electron chi connectivity index (χ4n) is 11.8. The van der Waals surface area contributed by atoms with Crippen LogP contribution in [0.25, 0.3) is 11.2 Å². The van der Waals surface area contributed by atoms with Crippen LogP contribution < -0.4 is 26.7 Å². The van der Waals surface area contributed by atoms with Crippen molar-refractivity contribution in [3.8, 4) is 5.75 Å². The molecule has 0 bridgehead atoms. The molecule has 3 aliphatic rings. The van der Waals surface area contributed by atoms with E-state index >= 15 is 0 Å². The number of nitrogen functional groups attached to an aromatic ring is 1. The lowest BCUT2D eigenvalue weighted by Gasteiger charge is -2.25. The first kappa shape index (κ1) is 65.1. The van der Waals surface area contributed by atoms with Crippen molar-refractivity contribution in [2.75, 3.05) is 29.1 Å². The Labute approximate surface area is 519 Å². The van der Waals surface area contributed by atoms with Gasteiger partial charge in [-0.15, -0.1) is 4.91 Å². The molecule has 1 unspecified atom stereocenters. The minimum absolute atomic E-state index is 0.0411. The molecular formula is C63H70N9O14S3+. The number of aromatic amines is 1. The van der Waals surface area contributed by atoms with Crippen molar-refractivity contribution in [3.05, 3.63) is 193 Å². The van der Waals surface area contributed by atoms with Gasteiger partial charge in [0.25, 0.3) is 31.7 Å². The van der Waals surface area contributed by atoms with Crippen LogP contribution in [-0.2, 0) is 58.1 Å². The van der Waals surface area contributed by atoms with Gasteiger partial charge < -0.3 is 26.2 Å². The molecule has 89 heavy (non-hydrogen) atoms. The first-order valence-electron chi connectivity index (χ1n) is 29.0. The van der Waals surface area contributed by atoms with E-state index in [9.17, 15) is 50.3 Å². The van der Waals surface area contributed by atoms with Crippen molar-refractivity contribution in [1.82, 2.24) is 25.3 Å². The van der Waals surface area contributed by atoms with Gasteiger partial charge in [-0.1, -0.05) is 78.7 Å². The maximum Gasteiger partial charge on any atom is 0.326 e. The van der Waals surface area contributed by atoms with Crippen molar-refractivity contribution in [1.29, 1.82) is 0 Å². The first-order valence-corrected chi connectivity index (χ1v) is 33.0. The van der Waals surface area contributed by atoms with Gasteiger partial charge in [0.15, 0.2) is 22.2 Å². The van der Waals surface area contributed by atoms with Gasteiger partial charge in [-0.3, -0.25) is 23.7 Å². The Morgan fingerprint density at radius 2 is 1.62 bits per heavy atom. The number of anilines is 2. The fourth-order valence-corrected chi connectivity index (χ4v) is 13.4. The number of benzene rings is 4. The maximum atomic E-state index is 13.4. The number of aliphatic carboxylic acids is 1. The van der Waals surface area contributed by atoms with Crippen LogP contribution in [0.5, 0.6) is 5.75 Å². The number of carboxylic acids is 1. The van der Waals surface area contributed by atoms with Crippen LogP contribution in [0.3, 0.4) is 0 Å². The summed E-state index contributed by atoms with van der Waals surface area (Å²) in [7, 11) is -8.30. The van der Waals surface area contributed by atoms with E-state index in [0.29, 0.717) is 72.9 Å². The molecule has 2 aliphatic carbocycles. The lowest BCUT2D eigenvalue weighted by Crippen LogP contribution is -2.41. The van der Waals surface area contributed by atoms with Gasteiger partial charge in [0.2, 0.25) is 11.6 Å². The molecule has 0 spiro atoms. The maximum absolute atomic E-state index is 13.4. The number of para-hydroxylation sites is 1. The van der Waals surface area contributed by atoms with Gasteiger partial charge in [0, 0.05) is 51.6 Å². The Kier molecular flexibility index (Phi) is 20.4. The number of allylic oxidation sites excluding steroid dienone is 7. The van der Waals surface area contributed by atoms with Crippen molar-refractivity contribution in [3.63, 3.8) is 0 Å². The number of hydrogen-bond donors (Lipinski definition) is 7. The fraction of sp³-hybridized carbons (Fsp3) is 0.349. The first-order chi connectivity index (χ1) is 42.4. The largest absolute Gasteiger partial charge is 0.480 e. The monoisotopic (exact) mass is 1270 g/mol. The number of unbranched alkanes of at least 4 members (excludes halogenated alkanes) is 2. The molecule has 6 aromatic rings. The van der Waals surface area contributed by atoms with Gasteiger partial charge in [-0.05, 0) is 148 Å². The van der Waals surface area contributed by atoms with Gasteiger partial charge in [-0.2, -0.15) is 31.4 Å². The number of carbonyl (C=O) groups is 2. The Morgan fingerprint density at radius 3 is 2.34 bits per heavy atom. The van der Waals surface area contributed by atoms with E-state index in [1.165, 1.54) is 6.20 Å². The Morgan fingerprint density at radius 1 is 0.888 bits per heavy atom. The normalized spacial score (nSPS) is 17.5. The molecule has 0 radical (unpaired) electrons. The molecule has 23 nitrogen and oxygen atoms in total. The number of rotatable bonds is 28. The summed E-state index contributed by atoms with van der Waals surface area (Å²) in [4.78, 5) is 68.7. The number of nitrogens with zero attached hydrogens (tertiary/aromatic N) is 5. The van der Waals surface area contributed by atoms with Crippen LogP contribution in [0, 0.1) is 4.91 Å². The minimum atomic E-state index is -4.16. The lowest BCUT2D eigenvalue weighted by atomic mass is 9.79. The van der Waals surface area contributed by atoms with Crippen molar-refractivity contribution < 1.29 is 59.3 Å². The SMILES string of the molecule is CC1(C)C(/C=C/C2=C(Oc3ccc(CC[C@H](NC(=O)c4ccc(NCc5cnc6nc(N)[nH]c(=O)c6n5)cc4)C(=O)O)cc3)C(=C/C=C3/C(CCCCS(=O)(=O)O)c4ccc(SOON=O)cc4C3(C)C)/CCC2)=[N+](CCCCS(=O)(=O)O)c2ccccc21. The summed E-state index contributed by atoms with van der Waals surface area (Å²) >= 11 is 0.842. The smallest absolute Gasteiger partial charge is 0.326 e. The molecule has 1 amide bonds. The quantitative estimate of drug-likeness (QED) is 0.00456. The molecule has 2 aromatic heterocycles. The van der Waals surface area contributed by atoms with E-state index in [1.807, 2.05) is 54.6 Å². The van der Waals surface area contributed by atoms with Crippen molar-refractivity contribution in [2.45, 2.75) is 126 Å². The number of aromatic nitrogens is 4.